The molecule has 0 fully saturated rings. The predicted octanol–water partition coefficient (Wildman–Crippen LogP) is 1.93. The van der Waals surface area contributed by atoms with Gasteiger partial charge >= 0.3 is 0 Å². The molecule has 0 heterocycles. The molecule has 0 spiro atoms. The molecule has 1 rings (SSSR count). The van der Waals surface area contributed by atoms with Crippen LogP contribution in [0.4, 0.5) is 11.4 Å². The van der Waals surface area contributed by atoms with Gasteiger partial charge in [0.1, 0.15) is 17.5 Å². The largest absolute Gasteiger partial charge is 0.497 e. The molecule has 0 radical (unpaired) electrons. The summed E-state index contributed by atoms with van der Waals surface area (Å²) in [4.78, 5) is 22.3. The number of ether oxygens (including phenoxy) is 1. The Balaban J connectivity index is 2.94. The smallest absolute Gasteiger partial charge is 0.292 e. The molecule has 110 valence electrons. The molecule has 0 aliphatic rings. The second kappa shape index (κ2) is 6.74. The average Bonchev–Trinajstić information content (AvgIpc) is 2.37. The Hall–Kier alpha value is -2.31. The molecule has 7 heteroatoms. The van der Waals surface area contributed by atoms with E-state index in [1.807, 2.05) is 13.8 Å². The third kappa shape index (κ3) is 4.11. The Morgan fingerprint density at radius 1 is 1.35 bits per heavy atom. The number of anilines is 1. The summed E-state index contributed by atoms with van der Waals surface area (Å²) in [5.74, 6) is 0.256. The standard InChI is InChI=1S/C13H19N3O4/c1-8(2)14-13(17)9(3)15-11-7-10(20-4)5-6-12(11)16(18)19/h5-9,15H,1-4H3,(H,14,17). The molecule has 0 saturated heterocycles. The van der Waals surface area contributed by atoms with Gasteiger partial charge in [-0.15, -0.1) is 0 Å². The summed E-state index contributed by atoms with van der Waals surface area (Å²) in [5, 5.41) is 16.6. The molecular weight excluding hydrogens is 262 g/mol. The number of nitro groups is 1. The Labute approximate surface area is 117 Å². The minimum Gasteiger partial charge on any atom is -0.497 e. The van der Waals surface area contributed by atoms with Crippen molar-refractivity contribution in [2.75, 3.05) is 12.4 Å². The molecule has 1 amide bonds. The molecule has 1 aromatic rings. The Bertz CT molecular complexity index is 502. The topological polar surface area (TPSA) is 93.5 Å². The van der Waals surface area contributed by atoms with Crippen LogP contribution in [0, 0.1) is 10.1 Å². The van der Waals surface area contributed by atoms with Crippen LogP contribution < -0.4 is 15.4 Å². The van der Waals surface area contributed by atoms with Crippen LogP contribution in [0.15, 0.2) is 18.2 Å². The number of nitrogens with one attached hydrogen (secondary N) is 2. The number of benzene rings is 1. The van der Waals surface area contributed by atoms with Crippen LogP contribution in [0.5, 0.6) is 5.75 Å². The molecule has 0 saturated carbocycles. The Morgan fingerprint density at radius 3 is 2.50 bits per heavy atom. The lowest BCUT2D eigenvalue weighted by Crippen LogP contribution is -2.41. The molecule has 1 atom stereocenters. The van der Waals surface area contributed by atoms with Gasteiger partial charge in [0.2, 0.25) is 5.91 Å². The number of hydrogen-bond donors (Lipinski definition) is 2. The van der Waals surface area contributed by atoms with Crippen molar-refractivity contribution < 1.29 is 14.5 Å². The molecule has 7 nitrogen and oxygen atoms in total. The number of methoxy groups -OCH3 is 1. The first-order valence-corrected chi connectivity index (χ1v) is 6.24. The third-order valence-corrected chi connectivity index (χ3v) is 2.60. The molecule has 2 N–H and O–H groups in total. The van der Waals surface area contributed by atoms with Crippen LogP contribution in [0.3, 0.4) is 0 Å². The second-order valence-electron chi connectivity index (χ2n) is 4.67. The third-order valence-electron chi connectivity index (χ3n) is 2.60. The summed E-state index contributed by atoms with van der Waals surface area (Å²) in [6.07, 6.45) is 0. The minimum absolute atomic E-state index is 0.00652. The van der Waals surface area contributed by atoms with Crippen LogP contribution in [0.1, 0.15) is 20.8 Å². The summed E-state index contributed by atoms with van der Waals surface area (Å²) < 4.78 is 5.03. The van der Waals surface area contributed by atoms with Crippen molar-refractivity contribution >= 4 is 17.3 Å². The molecule has 20 heavy (non-hydrogen) atoms. The Morgan fingerprint density at radius 2 is 2.00 bits per heavy atom. The maximum Gasteiger partial charge on any atom is 0.292 e. The van der Waals surface area contributed by atoms with Crippen molar-refractivity contribution in [3.05, 3.63) is 28.3 Å². The molecule has 0 aliphatic carbocycles. The summed E-state index contributed by atoms with van der Waals surface area (Å²) in [6.45, 7) is 5.33. The number of amides is 1. The molecule has 0 aromatic heterocycles. The van der Waals surface area contributed by atoms with Crippen LogP contribution in [0.2, 0.25) is 0 Å². The maximum absolute atomic E-state index is 11.8. The minimum atomic E-state index is -0.594. The lowest BCUT2D eigenvalue weighted by Gasteiger charge is -2.17. The molecule has 0 aliphatic heterocycles. The van der Waals surface area contributed by atoms with Gasteiger partial charge in [-0.25, -0.2) is 0 Å². The number of hydrogen-bond acceptors (Lipinski definition) is 5. The number of rotatable bonds is 6. The highest BCUT2D eigenvalue weighted by Crippen LogP contribution is 2.29. The first-order chi connectivity index (χ1) is 9.35. The normalized spacial score (nSPS) is 11.8. The van der Waals surface area contributed by atoms with E-state index in [9.17, 15) is 14.9 Å². The highest BCUT2D eigenvalue weighted by atomic mass is 16.6. The van der Waals surface area contributed by atoms with Crippen LogP contribution in [-0.4, -0.2) is 30.0 Å². The van der Waals surface area contributed by atoms with Crippen LogP contribution >= 0.6 is 0 Å². The molecular formula is C13H19N3O4. The Kier molecular flexibility index (Phi) is 5.31. The van der Waals surface area contributed by atoms with Gasteiger partial charge in [-0.05, 0) is 26.8 Å². The van der Waals surface area contributed by atoms with E-state index >= 15 is 0 Å². The van der Waals surface area contributed by atoms with E-state index in [-0.39, 0.29) is 23.3 Å². The van der Waals surface area contributed by atoms with Crippen molar-refractivity contribution in [2.24, 2.45) is 0 Å². The van der Waals surface area contributed by atoms with E-state index < -0.39 is 11.0 Å². The zero-order valence-electron chi connectivity index (χ0n) is 12.0. The van der Waals surface area contributed by atoms with E-state index in [0.29, 0.717) is 5.75 Å². The number of carbonyl (C=O) groups is 1. The maximum atomic E-state index is 11.8. The highest BCUT2D eigenvalue weighted by molar-refractivity contribution is 5.85. The van der Waals surface area contributed by atoms with Gasteiger partial charge in [-0.3, -0.25) is 14.9 Å². The number of nitro benzene ring substituents is 1. The molecule has 1 aromatic carbocycles. The number of carbonyl (C=O) groups excluding carboxylic acids is 1. The second-order valence-corrected chi connectivity index (χ2v) is 4.67. The van der Waals surface area contributed by atoms with E-state index in [1.54, 1.807) is 6.92 Å². The van der Waals surface area contributed by atoms with Crippen molar-refractivity contribution in [2.45, 2.75) is 32.9 Å². The van der Waals surface area contributed by atoms with Crippen molar-refractivity contribution in [3.8, 4) is 5.75 Å². The summed E-state index contributed by atoms with van der Waals surface area (Å²) in [6, 6.07) is 3.75. The van der Waals surface area contributed by atoms with Crippen molar-refractivity contribution in [3.63, 3.8) is 0 Å². The van der Waals surface area contributed by atoms with E-state index in [0.717, 1.165) is 0 Å². The fraction of sp³-hybridized carbons (Fsp3) is 0.462. The van der Waals surface area contributed by atoms with Crippen LogP contribution in [0.25, 0.3) is 0 Å². The first-order valence-electron chi connectivity index (χ1n) is 6.24. The highest BCUT2D eigenvalue weighted by Gasteiger charge is 2.20. The summed E-state index contributed by atoms with van der Waals surface area (Å²) >= 11 is 0. The average molecular weight is 281 g/mol. The van der Waals surface area contributed by atoms with Crippen molar-refractivity contribution in [1.29, 1.82) is 0 Å². The predicted molar refractivity (Wildman–Crippen MR) is 76.0 cm³/mol. The first kappa shape index (κ1) is 15.7. The fourth-order valence-electron chi connectivity index (χ4n) is 1.63. The van der Waals surface area contributed by atoms with Gasteiger partial charge in [0.15, 0.2) is 0 Å². The van der Waals surface area contributed by atoms with E-state index in [2.05, 4.69) is 10.6 Å². The van der Waals surface area contributed by atoms with Crippen LogP contribution in [-0.2, 0) is 4.79 Å². The SMILES string of the molecule is COc1ccc([N+](=O)[O-])c(NC(C)C(=O)NC(C)C)c1. The van der Waals surface area contributed by atoms with Gasteiger partial charge < -0.3 is 15.4 Å². The van der Waals surface area contributed by atoms with Gasteiger partial charge in [0.05, 0.1) is 12.0 Å². The zero-order chi connectivity index (χ0) is 15.3. The van der Waals surface area contributed by atoms with Gasteiger partial charge in [-0.1, -0.05) is 0 Å². The van der Waals surface area contributed by atoms with Gasteiger partial charge in [0, 0.05) is 18.2 Å². The zero-order valence-corrected chi connectivity index (χ0v) is 12.0. The quantitative estimate of drug-likeness (QED) is 0.614. The lowest BCUT2D eigenvalue weighted by atomic mass is 10.2. The van der Waals surface area contributed by atoms with E-state index in [1.165, 1.54) is 25.3 Å². The summed E-state index contributed by atoms with van der Waals surface area (Å²) in [7, 11) is 1.47. The monoisotopic (exact) mass is 281 g/mol. The molecule has 0 bridgehead atoms. The molecule has 1 unspecified atom stereocenters. The van der Waals surface area contributed by atoms with E-state index in [4.69, 9.17) is 4.74 Å². The van der Waals surface area contributed by atoms with Gasteiger partial charge in [0.25, 0.3) is 5.69 Å². The van der Waals surface area contributed by atoms with Gasteiger partial charge in [-0.2, -0.15) is 0 Å². The fourth-order valence-corrected chi connectivity index (χ4v) is 1.63. The van der Waals surface area contributed by atoms with Crippen molar-refractivity contribution in [1.82, 2.24) is 5.32 Å². The summed E-state index contributed by atoms with van der Waals surface area (Å²) in [5.41, 5.74) is 0.149. The lowest BCUT2D eigenvalue weighted by molar-refractivity contribution is -0.384. The number of nitrogens with zero attached hydrogens (tertiary/aromatic N) is 1.